The Hall–Kier alpha value is -4.74. The lowest BCUT2D eigenvalue weighted by atomic mass is 10.00. The fourth-order valence-corrected chi connectivity index (χ4v) is 5.02. The molecule has 2 aromatic carbocycles. The normalized spacial score (nSPS) is 13.7. The number of phenolic OH excluding ortho intramolecular Hbond substituents is 1. The molecule has 4 amide bonds. The molecule has 0 aliphatic heterocycles. The predicted octanol–water partition coefficient (Wildman–Crippen LogP) is 3.28. The zero-order chi connectivity index (χ0) is 36.7. The van der Waals surface area contributed by atoms with Crippen LogP contribution in [0.1, 0.15) is 85.3 Å². The van der Waals surface area contributed by atoms with Gasteiger partial charge in [-0.1, -0.05) is 56.3 Å². The second-order valence-corrected chi connectivity index (χ2v) is 13.6. The molecule has 0 bridgehead atoms. The van der Waals surface area contributed by atoms with E-state index in [1.54, 1.807) is 46.8 Å². The van der Waals surface area contributed by atoms with Crippen molar-refractivity contribution in [1.29, 1.82) is 0 Å². The molecule has 0 spiro atoms. The van der Waals surface area contributed by atoms with E-state index in [2.05, 4.69) is 21.3 Å². The molecule has 2 rings (SSSR count). The third-order valence-corrected chi connectivity index (χ3v) is 7.55. The van der Waals surface area contributed by atoms with E-state index < -0.39 is 65.3 Å². The average Bonchev–Trinajstić information content (AvgIpc) is 3.01. The van der Waals surface area contributed by atoms with Crippen molar-refractivity contribution in [3.8, 4) is 5.75 Å². The smallest absolute Gasteiger partial charge is 0.308 e. The molecule has 0 aliphatic carbocycles. The molecule has 0 heterocycles. The number of amides is 4. The topological polar surface area (TPSA) is 180 Å². The fraction of sp³-hybridized carbons (Fsp3) is 0.514. The lowest BCUT2D eigenvalue weighted by Crippen LogP contribution is -2.58. The van der Waals surface area contributed by atoms with Gasteiger partial charge in [-0.25, -0.2) is 0 Å². The van der Waals surface area contributed by atoms with Gasteiger partial charge in [-0.2, -0.15) is 0 Å². The zero-order valence-electron chi connectivity index (χ0n) is 29.6. The number of hydrogen-bond donors (Lipinski definition) is 5. The van der Waals surface area contributed by atoms with Crippen LogP contribution in [-0.4, -0.2) is 70.3 Å². The first-order valence-electron chi connectivity index (χ1n) is 16.7. The van der Waals surface area contributed by atoms with Gasteiger partial charge in [0.1, 0.15) is 29.5 Å². The molecular weight excluding hydrogens is 628 g/mol. The third kappa shape index (κ3) is 15.4. The van der Waals surface area contributed by atoms with Gasteiger partial charge in [0.05, 0.1) is 12.5 Å². The number of nitrogens with one attached hydrogen (secondary N) is 4. The number of carbonyl (C=O) groups is 6. The van der Waals surface area contributed by atoms with Crippen LogP contribution in [0.3, 0.4) is 0 Å². The Labute approximate surface area is 289 Å². The first-order valence-corrected chi connectivity index (χ1v) is 16.7. The first-order chi connectivity index (χ1) is 22.9. The van der Waals surface area contributed by atoms with Crippen LogP contribution in [0, 0.1) is 5.92 Å². The molecular formula is C37H52N4O8. The molecule has 268 valence electrons. The monoisotopic (exact) mass is 680 g/mol. The minimum atomic E-state index is -1.16. The fourth-order valence-electron chi connectivity index (χ4n) is 5.02. The summed E-state index contributed by atoms with van der Waals surface area (Å²) in [5.41, 5.74) is 1.04. The summed E-state index contributed by atoms with van der Waals surface area (Å²) >= 11 is 0. The first kappa shape index (κ1) is 40.4. The number of ketones is 1. The Bertz CT molecular complexity index is 1420. The molecule has 49 heavy (non-hydrogen) atoms. The molecule has 0 aromatic heterocycles. The van der Waals surface area contributed by atoms with Gasteiger partial charge in [0.25, 0.3) is 0 Å². The Kier molecular flexibility index (Phi) is 15.9. The molecule has 1 unspecified atom stereocenters. The Balaban J connectivity index is 2.08. The Morgan fingerprint density at radius 2 is 1.37 bits per heavy atom. The molecule has 0 saturated carbocycles. The van der Waals surface area contributed by atoms with Crippen LogP contribution < -0.4 is 21.3 Å². The van der Waals surface area contributed by atoms with E-state index in [1.807, 2.05) is 30.3 Å². The van der Waals surface area contributed by atoms with Gasteiger partial charge < -0.3 is 31.1 Å². The summed E-state index contributed by atoms with van der Waals surface area (Å²) in [7, 11) is 0. The van der Waals surface area contributed by atoms with Crippen LogP contribution in [0.4, 0.5) is 0 Å². The lowest BCUT2D eigenvalue weighted by molar-refractivity contribution is -0.156. The largest absolute Gasteiger partial charge is 0.508 e. The number of ether oxygens (including phenoxy) is 1. The number of benzene rings is 2. The maximum atomic E-state index is 13.4. The van der Waals surface area contributed by atoms with Gasteiger partial charge in [-0.05, 0) is 76.1 Å². The quantitative estimate of drug-likeness (QED) is 0.118. The summed E-state index contributed by atoms with van der Waals surface area (Å²) in [6.07, 6.45) is 1.98. The number of rotatable bonds is 18. The second-order valence-electron chi connectivity index (χ2n) is 13.6. The van der Waals surface area contributed by atoms with E-state index in [-0.39, 0.29) is 30.8 Å². The number of Topliss-reactive ketones (excluding diaryl/α,β-unsaturated/α-hetero) is 1. The van der Waals surface area contributed by atoms with E-state index in [9.17, 15) is 33.9 Å². The van der Waals surface area contributed by atoms with Crippen LogP contribution >= 0.6 is 0 Å². The van der Waals surface area contributed by atoms with Gasteiger partial charge >= 0.3 is 5.97 Å². The molecule has 0 saturated heterocycles. The molecule has 4 atom stereocenters. The number of aryl methyl sites for hydroxylation is 1. The van der Waals surface area contributed by atoms with Gasteiger partial charge in [0, 0.05) is 19.8 Å². The van der Waals surface area contributed by atoms with Crippen molar-refractivity contribution in [2.75, 3.05) is 0 Å². The summed E-state index contributed by atoms with van der Waals surface area (Å²) in [5.74, 6) is -3.69. The van der Waals surface area contributed by atoms with Crippen molar-refractivity contribution in [3.05, 3.63) is 65.7 Å². The highest BCUT2D eigenvalue weighted by Crippen LogP contribution is 2.14. The second kappa shape index (κ2) is 19.3. The SMILES string of the molecule is CC(=O)N[C@@H](Cc1ccc(O)cc1)C(=O)N[C@H](C(=O)N[C@@H](C)C(=O)NC(CC(=O)OC(C)(C)C)C(=O)CCCCc1ccccc1)C(C)C. The lowest BCUT2D eigenvalue weighted by Gasteiger charge is -2.27. The molecule has 0 radical (unpaired) electrons. The highest BCUT2D eigenvalue weighted by atomic mass is 16.6. The zero-order valence-corrected chi connectivity index (χ0v) is 29.6. The summed E-state index contributed by atoms with van der Waals surface area (Å²) in [6.45, 7) is 11.3. The maximum absolute atomic E-state index is 13.4. The number of aromatic hydroxyl groups is 1. The molecule has 0 fully saturated rings. The number of phenols is 1. The highest BCUT2D eigenvalue weighted by molar-refractivity contribution is 5.96. The van der Waals surface area contributed by atoms with Crippen molar-refractivity contribution in [2.45, 2.75) is 117 Å². The van der Waals surface area contributed by atoms with Gasteiger partial charge in [-0.15, -0.1) is 0 Å². The minimum absolute atomic E-state index is 0.0540. The van der Waals surface area contributed by atoms with E-state index in [1.165, 1.54) is 26.0 Å². The van der Waals surface area contributed by atoms with Gasteiger partial charge in [0.15, 0.2) is 5.78 Å². The Morgan fingerprint density at radius 1 is 0.735 bits per heavy atom. The van der Waals surface area contributed by atoms with Gasteiger partial charge in [0.2, 0.25) is 23.6 Å². The van der Waals surface area contributed by atoms with Crippen molar-refractivity contribution in [2.24, 2.45) is 5.92 Å². The van der Waals surface area contributed by atoms with E-state index in [4.69, 9.17) is 4.74 Å². The van der Waals surface area contributed by atoms with Crippen molar-refractivity contribution < 1.29 is 38.6 Å². The summed E-state index contributed by atoms with van der Waals surface area (Å²) in [5, 5.41) is 20.1. The summed E-state index contributed by atoms with van der Waals surface area (Å²) < 4.78 is 5.40. The van der Waals surface area contributed by atoms with Crippen LogP contribution in [0.15, 0.2) is 54.6 Å². The van der Waals surface area contributed by atoms with Crippen LogP contribution in [0.5, 0.6) is 5.75 Å². The van der Waals surface area contributed by atoms with Crippen LogP contribution in [-0.2, 0) is 46.3 Å². The van der Waals surface area contributed by atoms with Crippen LogP contribution in [0.25, 0.3) is 0 Å². The van der Waals surface area contributed by atoms with Gasteiger partial charge in [-0.3, -0.25) is 28.8 Å². The predicted molar refractivity (Wildman–Crippen MR) is 185 cm³/mol. The number of hydrogen-bond acceptors (Lipinski definition) is 8. The summed E-state index contributed by atoms with van der Waals surface area (Å²) in [6, 6.07) is 11.7. The van der Waals surface area contributed by atoms with Crippen molar-refractivity contribution >= 4 is 35.4 Å². The average molecular weight is 681 g/mol. The summed E-state index contributed by atoms with van der Waals surface area (Å²) in [4.78, 5) is 77.7. The van der Waals surface area contributed by atoms with E-state index in [0.29, 0.717) is 12.0 Å². The number of esters is 1. The third-order valence-electron chi connectivity index (χ3n) is 7.55. The highest BCUT2D eigenvalue weighted by Gasteiger charge is 2.32. The maximum Gasteiger partial charge on any atom is 0.308 e. The molecule has 12 nitrogen and oxygen atoms in total. The number of carbonyl (C=O) groups excluding carboxylic acids is 6. The van der Waals surface area contributed by atoms with Crippen molar-refractivity contribution in [3.63, 3.8) is 0 Å². The van der Waals surface area contributed by atoms with E-state index in [0.717, 1.165) is 18.4 Å². The standard InChI is InChI=1S/C37H52N4O8/c1-23(2)33(41-35(47)30(39-25(4)42)21-27-17-19-28(43)20-18-27)36(48)38-24(3)34(46)40-29(22-32(45)49-37(5,6)7)31(44)16-12-11-15-26-13-9-8-10-14-26/h8-10,13-14,17-20,23-24,29-30,33,43H,11-12,15-16,21-22H2,1-7H3,(H,38,48)(H,39,42)(H,40,46)(H,41,47)/t24-,29?,30-,33-/m0/s1. The number of unbranched alkanes of at least 4 members (excludes halogenated alkanes) is 1. The van der Waals surface area contributed by atoms with Crippen molar-refractivity contribution in [1.82, 2.24) is 21.3 Å². The Morgan fingerprint density at radius 3 is 1.94 bits per heavy atom. The molecule has 12 heteroatoms. The van der Waals surface area contributed by atoms with E-state index >= 15 is 0 Å². The molecule has 5 N–H and O–H groups in total. The molecule has 0 aliphatic rings. The molecule has 2 aromatic rings. The minimum Gasteiger partial charge on any atom is -0.508 e. The van der Waals surface area contributed by atoms with Crippen LogP contribution in [0.2, 0.25) is 0 Å².